The third-order valence-corrected chi connectivity index (χ3v) is 6.15. The summed E-state index contributed by atoms with van der Waals surface area (Å²) in [6, 6.07) is 11.6. The number of methoxy groups -OCH3 is 1. The van der Waals surface area contributed by atoms with Crippen molar-refractivity contribution in [3.63, 3.8) is 0 Å². The van der Waals surface area contributed by atoms with Crippen LogP contribution in [0.2, 0.25) is 0 Å². The Morgan fingerprint density at radius 2 is 1.84 bits per heavy atom. The van der Waals surface area contributed by atoms with Crippen molar-refractivity contribution in [2.24, 2.45) is 0 Å². The van der Waals surface area contributed by atoms with Gasteiger partial charge >= 0.3 is 0 Å². The van der Waals surface area contributed by atoms with E-state index >= 15 is 0 Å². The first-order valence-corrected chi connectivity index (χ1v) is 10.8. The highest BCUT2D eigenvalue weighted by Crippen LogP contribution is 2.42. The monoisotopic (exact) mass is 449 g/mol. The molecule has 9 heteroatoms. The van der Waals surface area contributed by atoms with Gasteiger partial charge in [0.05, 0.1) is 30.7 Å². The van der Waals surface area contributed by atoms with E-state index < -0.39 is 11.9 Å². The zero-order chi connectivity index (χ0) is 22.4. The van der Waals surface area contributed by atoms with Crippen molar-refractivity contribution in [3.05, 3.63) is 74.6 Å². The first-order chi connectivity index (χ1) is 15.5. The summed E-state index contributed by atoms with van der Waals surface area (Å²) in [6.45, 7) is 4.15. The predicted molar refractivity (Wildman–Crippen MR) is 120 cm³/mol. The Morgan fingerprint density at radius 3 is 2.50 bits per heavy atom. The molecule has 0 saturated carbocycles. The summed E-state index contributed by atoms with van der Waals surface area (Å²) in [5, 5.41) is 9.71. The number of fused-ring (bicyclic) bond motifs is 2. The maximum absolute atomic E-state index is 13.6. The van der Waals surface area contributed by atoms with Gasteiger partial charge in [-0.05, 0) is 43.7 Å². The lowest BCUT2D eigenvalue weighted by molar-refractivity contribution is 0.0970. The molecule has 5 rings (SSSR count). The van der Waals surface area contributed by atoms with Gasteiger partial charge in [0.15, 0.2) is 5.43 Å². The molecule has 2 aromatic heterocycles. The van der Waals surface area contributed by atoms with Crippen LogP contribution in [0.3, 0.4) is 0 Å². The van der Waals surface area contributed by atoms with Crippen LogP contribution in [0.4, 0.5) is 5.13 Å². The van der Waals surface area contributed by atoms with Crippen LogP contribution in [0.15, 0.2) is 51.7 Å². The zero-order valence-corrected chi connectivity index (χ0v) is 18.4. The van der Waals surface area contributed by atoms with Crippen LogP contribution in [-0.4, -0.2) is 29.8 Å². The average Bonchev–Trinajstić information content (AvgIpc) is 3.35. The minimum Gasteiger partial charge on any atom is -0.497 e. The Bertz CT molecular complexity index is 1390. The summed E-state index contributed by atoms with van der Waals surface area (Å²) in [5.74, 6) is 0.810. The lowest BCUT2D eigenvalue weighted by Crippen LogP contribution is -2.29. The standard InChI is InChI=1S/C23H19N3O5S/c1-4-30-15-9-10-16-17(11-15)31-21-18(20(16)27)19(13-5-7-14(29-3)8-6-13)26(22(21)28)23-25-24-12(2)32-23/h5-11,19H,4H2,1-3H3. The number of carbonyl (C=O) groups is 1. The van der Waals surface area contributed by atoms with Crippen molar-refractivity contribution in [2.75, 3.05) is 18.6 Å². The van der Waals surface area contributed by atoms with E-state index in [0.717, 1.165) is 5.56 Å². The number of aromatic nitrogens is 2. The fourth-order valence-corrected chi connectivity index (χ4v) is 4.60. The first-order valence-electron chi connectivity index (χ1n) is 10.0. The smallest absolute Gasteiger partial charge is 0.297 e. The highest BCUT2D eigenvalue weighted by Gasteiger charge is 2.45. The van der Waals surface area contributed by atoms with Crippen molar-refractivity contribution in [2.45, 2.75) is 19.9 Å². The number of carbonyl (C=O) groups excluding carboxylic acids is 1. The second-order valence-corrected chi connectivity index (χ2v) is 8.38. The van der Waals surface area contributed by atoms with E-state index in [1.807, 2.05) is 26.0 Å². The molecule has 0 bridgehead atoms. The molecule has 8 nitrogen and oxygen atoms in total. The van der Waals surface area contributed by atoms with E-state index in [1.165, 1.54) is 16.2 Å². The molecule has 0 saturated heterocycles. The molecule has 0 spiro atoms. The molecular formula is C23H19N3O5S. The maximum atomic E-state index is 13.6. The second-order valence-electron chi connectivity index (χ2n) is 7.22. The molecule has 0 radical (unpaired) electrons. The first kappa shape index (κ1) is 20.2. The van der Waals surface area contributed by atoms with Crippen LogP contribution < -0.4 is 19.8 Å². The Hall–Kier alpha value is -3.72. The summed E-state index contributed by atoms with van der Waals surface area (Å²) in [6.07, 6.45) is 0. The minimum absolute atomic E-state index is 0.00446. The molecule has 1 atom stereocenters. The van der Waals surface area contributed by atoms with Gasteiger partial charge in [-0.3, -0.25) is 14.5 Å². The van der Waals surface area contributed by atoms with Crippen molar-refractivity contribution in [1.29, 1.82) is 0 Å². The van der Waals surface area contributed by atoms with Gasteiger partial charge in [-0.2, -0.15) is 0 Å². The summed E-state index contributed by atoms with van der Waals surface area (Å²) < 4.78 is 16.8. The Balaban J connectivity index is 1.75. The van der Waals surface area contributed by atoms with Gasteiger partial charge in [0.25, 0.3) is 5.91 Å². The predicted octanol–water partition coefficient (Wildman–Crippen LogP) is 4.11. The van der Waals surface area contributed by atoms with Gasteiger partial charge in [0.2, 0.25) is 10.9 Å². The number of benzene rings is 2. The number of rotatable bonds is 5. The molecule has 0 fully saturated rings. The van der Waals surface area contributed by atoms with Gasteiger partial charge in [-0.1, -0.05) is 23.5 Å². The molecular weight excluding hydrogens is 430 g/mol. The molecule has 1 unspecified atom stereocenters. The fraction of sp³-hybridized carbons (Fsp3) is 0.217. The van der Waals surface area contributed by atoms with Gasteiger partial charge < -0.3 is 13.9 Å². The van der Waals surface area contributed by atoms with Crippen molar-refractivity contribution >= 4 is 33.3 Å². The van der Waals surface area contributed by atoms with E-state index in [1.54, 1.807) is 37.4 Å². The van der Waals surface area contributed by atoms with E-state index in [9.17, 15) is 9.59 Å². The van der Waals surface area contributed by atoms with Crippen molar-refractivity contribution in [3.8, 4) is 11.5 Å². The molecule has 1 aliphatic heterocycles. The average molecular weight is 449 g/mol. The maximum Gasteiger partial charge on any atom is 0.297 e. The van der Waals surface area contributed by atoms with Gasteiger partial charge in [-0.15, -0.1) is 10.2 Å². The van der Waals surface area contributed by atoms with Crippen LogP contribution in [0.1, 0.15) is 39.7 Å². The summed E-state index contributed by atoms with van der Waals surface area (Å²) in [7, 11) is 1.58. The molecule has 3 heterocycles. The number of hydrogen-bond donors (Lipinski definition) is 0. The largest absolute Gasteiger partial charge is 0.497 e. The van der Waals surface area contributed by atoms with Crippen LogP contribution in [-0.2, 0) is 0 Å². The number of anilines is 1. The highest BCUT2D eigenvalue weighted by molar-refractivity contribution is 7.15. The number of amides is 1. The van der Waals surface area contributed by atoms with Gasteiger partial charge in [0, 0.05) is 6.07 Å². The lowest BCUT2D eigenvalue weighted by Gasteiger charge is -2.22. The second kappa shape index (κ2) is 7.76. The van der Waals surface area contributed by atoms with Crippen molar-refractivity contribution < 1.29 is 18.7 Å². The van der Waals surface area contributed by atoms with Crippen LogP contribution in [0.25, 0.3) is 11.0 Å². The molecule has 32 heavy (non-hydrogen) atoms. The molecule has 162 valence electrons. The van der Waals surface area contributed by atoms with E-state index in [2.05, 4.69) is 10.2 Å². The number of ether oxygens (including phenoxy) is 2. The molecule has 1 aliphatic rings. The van der Waals surface area contributed by atoms with Crippen molar-refractivity contribution in [1.82, 2.24) is 10.2 Å². The zero-order valence-electron chi connectivity index (χ0n) is 17.6. The van der Waals surface area contributed by atoms with Crippen LogP contribution in [0, 0.1) is 6.92 Å². The van der Waals surface area contributed by atoms with E-state index in [4.69, 9.17) is 13.9 Å². The number of aryl methyl sites for hydroxylation is 1. The number of nitrogens with zero attached hydrogens (tertiary/aromatic N) is 3. The molecule has 0 N–H and O–H groups in total. The molecule has 2 aromatic carbocycles. The topological polar surface area (TPSA) is 94.8 Å². The highest BCUT2D eigenvalue weighted by atomic mass is 32.1. The third-order valence-electron chi connectivity index (χ3n) is 5.31. The molecule has 4 aromatic rings. The Kier molecular flexibility index (Phi) is 4.90. The van der Waals surface area contributed by atoms with E-state index in [0.29, 0.717) is 39.2 Å². The SMILES string of the molecule is CCOc1ccc2c(=O)c3c(oc2c1)C(=O)N(c1nnc(C)s1)C3c1ccc(OC)cc1. The quantitative estimate of drug-likeness (QED) is 0.452. The Morgan fingerprint density at radius 1 is 1.09 bits per heavy atom. The summed E-state index contributed by atoms with van der Waals surface area (Å²) in [4.78, 5) is 28.6. The number of hydrogen-bond acceptors (Lipinski definition) is 8. The van der Waals surface area contributed by atoms with Crippen LogP contribution >= 0.6 is 11.3 Å². The fourth-order valence-electron chi connectivity index (χ4n) is 3.89. The minimum atomic E-state index is -0.692. The molecule has 0 aliphatic carbocycles. The van der Waals surface area contributed by atoms with E-state index in [-0.39, 0.29) is 16.8 Å². The van der Waals surface area contributed by atoms with Crippen LogP contribution in [0.5, 0.6) is 11.5 Å². The van der Waals surface area contributed by atoms with Gasteiger partial charge in [0.1, 0.15) is 22.1 Å². The lowest BCUT2D eigenvalue weighted by atomic mass is 9.98. The Labute approximate surface area is 187 Å². The third kappa shape index (κ3) is 3.13. The summed E-state index contributed by atoms with van der Waals surface area (Å²) >= 11 is 1.28. The summed E-state index contributed by atoms with van der Waals surface area (Å²) in [5.41, 5.74) is 1.06. The normalized spacial score (nSPS) is 15.3. The molecule has 1 amide bonds. The van der Waals surface area contributed by atoms with Gasteiger partial charge in [-0.25, -0.2) is 0 Å².